The normalized spacial score (nSPS) is 23.5. The maximum absolute atomic E-state index is 13.1. The van der Waals surface area contributed by atoms with Crippen LogP contribution in [0.15, 0.2) is 23.0 Å². The molecular weight excluding hydrogens is 346 g/mol. The van der Waals surface area contributed by atoms with Gasteiger partial charge < -0.3 is 19.1 Å². The van der Waals surface area contributed by atoms with Crippen molar-refractivity contribution in [3.8, 4) is 0 Å². The predicted octanol–water partition coefficient (Wildman–Crippen LogP) is 1.84. The molecule has 0 bridgehead atoms. The van der Waals surface area contributed by atoms with Crippen LogP contribution in [-0.4, -0.2) is 65.3 Å². The summed E-state index contributed by atoms with van der Waals surface area (Å²) in [5.41, 5.74) is 1.11. The highest BCUT2D eigenvalue weighted by Crippen LogP contribution is 2.34. The van der Waals surface area contributed by atoms with Crippen LogP contribution in [0.5, 0.6) is 0 Å². The monoisotopic (exact) mass is 371 g/mol. The second-order valence-electron chi connectivity index (χ2n) is 7.55. The molecule has 2 aliphatic heterocycles. The third kappa shape index (κ3) is 3.53. The van der Waals surface area contributed by atoms with E-state index in [1.165, 1.54) is 0 Å². The fourth-order valence-corrected chi connectivity index (χ4v) is 4.19. The van der Waals surface area contributed by atoms with Crippen LogP contribution in [0.2, 0.25) is 0 Å². The largest absolute Gasteiger partial charge is 0.379 e. The summed E-state index contributed by atoms with van der Waals surface area (Å²) in [6.07, 6.45) is 5.48. The van der Waals surface area contributed by atoms with Crippen molar-refractivity contribution < 1.29 is 14.1 Å². The SMILES string of the molecule is Cc1noc(C)c1C(=O)N1CCCC2(COCCN(c3ncccn3)C2)C1. The Morgan fingerprint density at radius 3 is 2.74 bits per heavy atom. The van der Waals surface area contributed by atoms with E-state index in [2.05, 4.69) is 20.0 Å². The van der Waals surface area contributed by atoms with Gasteiger partial charge in [0.15, 0.2) is 0 Å². The fraction of sp³-hybridized carbons (Fsp3) is 0.579. The summed E-state index contributed by atoms with van der Waals surface area (Å²) in [5.74, 6) is 1.29. The maximum Gasteiger partial charge on any atom is 0.259 e. The molecule has 0 radical (unpaired) electrons. The number of amides is 1. The van der Waals surface area contributed by atoms with Crippen LogP contribution in [0.1, 0.15) is 34.7 Å². The van der Waals surface area contributed by atoms with Gasteiger partial charge in [0, 0.05) is 44.0 Å². The number of nitrogens with zero attached hydrogens (tertiary/aromatic N) is 5. The average molecular weight is 371 g/mol. The van der Waals surface area contributed by atoms with Crippen molar-refractivity contribution in [1.82, 2.24) is 20.0 Å². The molecule has 8 nitrogen and oxygen atoms in total. The molecule has 2 saturated heterocycles. The molecule has 2 aromatic rings. The molecule has 0 saturated carbocycles. The minimum Gasteiger partial charge on any atom is -0.379 e. The first-order valence-electron chi connectivity index (χ1n) is 9.40. The third-order valence-corrected chi connectivity index (χ3v) is 5.47. The number of anilines is 1. The van der Waals surface area contributed by atoms with E-state index in [0.717, 1.165) is 38.4 Å². The van der Waals surface area contributed by atoms with Gasteiger partial charge in [-0.2, -0.15) is 0 Å². The van der Waals surface area contributed by atoms with Crippen molar-refractivity contribution in [3.05, 3.63) is 35.5 Å². The number of hydrogen-bond donors (Lipinski definition) is 0. The Bertz CT molecular complexity index is 789. The first kappa shape index (κ1) is 17.9. The molecule has 4 rings (SSSR count). The van der Waals surface area contributed by atoms with E-state index in [1.54, 1.807) is 19.3 Å². The van der Waals surface area contributed by atoms with Gasteiger partial charge in [-0.15, -0.1) is 0 Å². The van der Waals surface area contributed by atoms with Crippen molar-refractivity contribution in [1.29, 1.82) is 0 Å². The quantitative estimate of drug-likeness (QED) is 0.796. The number of piperidine rings is 1. The van der Waals surface area contributed by atoms with Crippen molar-refractivity contribution >= 4 is 11.9 Å². The maximum atomic E-state index is 13.1. The lowest BCUT2D eigenvalue weighted by Gasteiger charge is -2.43. The van der Waals surface area contributed by atoms with E-state index in [9.17, 15) is 4.79 Å². The van der Waals surface area contributed by atoms with Crippen LogP contribution >= 0.6 is 0 Å². The van der Waals surface area contributed by atoms with E-state index in [-0.39, 0.29) is 11.3 Å². The highest BCUT2D eigenvalue weighted by Gasteiger charge is 2.41. The molecule has 2 aliphatic rings. The summed E-state index contributed by atoms with van der Waals surface area (Å²) in [4.78, 5) is 26.0. The molecule has 144 valence electrons. The van der Waals surface area contributed by atoms with E-state index in [0.29, 0.717) is 36.8 Å². The van der Waals surface area contributed by atoms with Gasteiger partial charge in [-0.05, 0) is 32.8 Å². The van der Waals surface area contributed by atoms with Gasteiger partial charge in [0.2, 0.25) is 5.95 Å². The summed E-state index contributed by atoms with van der Waals surface area (Å²) in [6, 6.07) is 1.82. The number of carbonyl (C=O) groups excluding carboxylic acids is 1. The highest BCUT2D eigenvalue weighted by molar-refractivity contribution is 5.96. The molecule has 1 amide bonds. The minimum atomic E-state index is -0.122. The lowest BCUT2D eigenvalue weighted by molar-refractivity contribution is 0.0134. The van der Waals surface area contributed by atoms with Gasteiger partial charge >= 0.3 is 0 Å². The molecule has 27 heavy (non-hydrogen) atoms. The van der Waals surface area contributed by atoms with Crippen LogP contribution in [-0.2, 0) is 4.74 Å². The van der Waals surface area contributed by atoms with E-state index < -0.39 is 0 Å². The molecule has 4 heterocycles. The second-order valence-corrected chi connectivity index (χ2v) is 7.55. The van der Waals surface area contributed by atoms with Gasteiger partial charge in [-0.3, -0.25) is 4.79 Å². The Morgan fingerprint density at radius 2 is 2.00 bits per heavy atom. The Kier molecular flexibility index (Phi) is 4.82. The third-order valence-electron chi connectivity index (χ3n) is 5.47. The van der Waals surface area contributed by atoms with Crippen LogP contribution in [0.4, 0.5) is 5.95 Å². The molecule has 0 aliphatic carbocycles. The van der Waals surface area contributed by atoms with Gasteiger partial charge in [-0.1, -0.05) is 5.16 Å². The summed E-state index contributed by atoms with van der Waals surface area (Å²) >= 11 is 0. The van der Waals surface area contributed by atoms with Gasteiger partial charge in [0.1, 0.15) is 11.3 Å². The lowest BCUT2D eigenvalue weighted by Crippen LogP contribution is -2.52. The summed E-state index contributed by atoms with van der Waals surface area (Å²) in [7, 11) is 0. The van der Waals surface area contributed by atoms with Crippen LogP contribution in [0, 0.1) is 19.3 Å². The number of carbonyl (C=O) groups is 1. The molecule has 8 heteroatoms. The first-order valence-corrected chi connectivity index (χ1v) is 9.40. The molecule has 0 N–H and O–H groups in total. The Balaban J connectivity index is 1.56. The number of aromatic nitrogens is 3. The van der Waals surface area contributed by atoms with Crippen molar-refractivity contribution in [3.63, 3.8) is 0 Å². The first-order chi connectivity index (χ1) is 13.1. The lowest BCUT2D eigenvalue weighted by atomic mass is 9.80. The zero-order valence-corrected chi connectivity index (χ0v) is 15.8. The average Bonchev–Trinajstić information content (AvgIpc) is 2.89. The molecule has 0 aromatic carbocycles. The molecule has 1 unspecified atom stereocenters. The van der Waals surface area contributed by atoms with Crippen molar-refractivity contribution in [2.45, 2.75) is 26.7 Å². The van der Waals surface area contributed by atoms with Crippen molar-refractivity contribution in [2.75, 3.05) is 44.3 Å². The zero-order chi connectivity index (χ0) is 18.9. The molecule has 1 spiro atoms. The van der Waals surface area contributed by atoms with E-state index >= 15 is 0 Å². The summed E-state index contributed by atoms with van der Waals surface area (Å²) < 4.78 is 11.1. The zero-order valence-electron chi connectivity index (χ0n) is 15.8. The second kappa shape index (κ2) is 7.26. The number of hydrogen-bond acceptors (Lipinski definition) is 7. The van der Waals surface area contributed by atoms with Gasteiger partial charge in [0.25, 0.3) is 5.91 Å². The summed E-state index contributed by atoms with van der Waals surface area (Å²) in [5, 5.41) is 3.93. The van der Waals surface area contributed by atoms with Crippen molar-refractivity contribution in [2.24, 2.45) is 5.41 Å². The Labute approximate surface area is 158 Å². The smallest absolute Gasteiger partial charge is 0.259 e. The Hall–Kier alpha value is -2.48. The Morgan fingerprint density at radius 1 is 1.19 bits per heavy atom. The highest BCUT2D eigenvalue weighted by atomic mass is 16.5. The number of ether oxygens (including phenoxy) is 1. The molecule has 2 fully saturated rings. The fourth-order valence-electron chi connectivity index (χ4n) is 4.19. The number of rotatable bonds is 2. The number of likely N-dealkylation sites (tertiary alicyclic amines) is 1. The molecular formula is C19H25N5O3. The standard InChI is InChI=1S/C19H25N5O3/c1-14-16(15(2)27-22-14)17(25)23-8-3-5-19(11-23)12-24(9-10-26-13-19)18-20-6-4-7-21-18/h4,6-7H,3,5,8-13H2,1-2H3. The molecule has 1 atom stereocenters. The predicted molar refractivity (Wildman–Crippen MR) is 98.6 cm³/mol. The van der Waals surface area contributed by atoms with Crippen LogP contribution in [0.25, 0.3) is 0 Å². The topological polar surface area (TPSA) is 84.6 Å². The minimum absolute atomic E-state index is 0.00270. The van der Waals surface area contributed by atoms with E-state index in [1.807, 2.05) is 17.9 Å². The van der Waals surface area contributed by atoms with Gasteiger partial charge in [0.05, 0.1) is 18.9 Å². The van der Waals surface area contributed by atoms with Crippen LogP contribution < -0.4 is 4.90 Å². The van der Waals surface area contributed by atoms with E-state index in [4.69, 9.17) is 9.26 Å². The molecule has 2 aromatic heterocycles. The van der Waals surface area contributed by atoms with Crippen LogP contribution in [0.3, 0.4) is 0 Å². The summed E-state index contributed by atoms with van der Waals surface area (Å²) in [6.45, 7) is 7.81. The number of aryl methyl sites for hydroxylation is 2. The van der Waals surface area contributed by atoms with Gasteiger partial charge in [-0.25, -0.2) is 9.97 Å².